The van der Waals surface area contributed by atoms with Crippen molar-refractivity contribution >= 4 is 68.6 Å². The molecule has 1 saturated heterocycles. The molecule has 1 aliphatic rings. The molecular weight excluding hydrogens is 547 g/mol. The van der Waals surface area contributed by atoms with Crippen molar-refractivity contribution in [2.75, 3.05) is 0 Å². The van der Waals surface area contributed by atoms with E-state index in [9.17, 15) is 19.7 Å². The predicted octanol–water partition coefficient (Wildman–Crippen LogP) is 7.87. The number of nitro groups is 1. The summed E-state index contributed by atoms with van der Waals surface area (Å²) in [5.74, 6) is -0.147. The van der Waals surface area contributed by atoms with Crippen LogP contribution in [0.1, 0.15) is 16.7 Å². The fourth-order valence-electron chi connectivity index (χ4n) is 4.06. The number of fused-ring (bicyclic) bond motifs is 1. The molecule has 7 nitrogen and oxygen atoms in total. The van der Waals surface area contributed by atoms with Gasteiger partial charge in [0.1, 0.15) is 6.61 Å². The summed E-state index contributed by atoms with van der Waals surface area (Å²) in [6.07, 6.45) is 1.58. The second-order valence-corrected chi connectivity index (χ2v) is 10.2. The number of amides is 2. The Labute approximate surface area is 231 Å². The summed E-state index contributed by atoms with van der Waals surface area (Å²) in [6.45, 7) is 0.268. The first-order valence-electron chi connectivity index (χ1n) is 11.4. The van der Waals surface area contributed by atoms with Gasteiger partial charge in [-0.05, 0) is 69.6 Å². The van der Waals surface area contributed by atoms with E-state index in [0.717, 1.165) is 28.1 Å². The van der Waals surface area contributed by atoms with E-state index in [1.54, 1.807) is 30.3 Å². The summed E-state index contributed by atoms with van der Waals surface area (Å²) >= 11 is 13.7. The highest BCUT2D eigenvalue weighted by Crippen LogP contribution is 2.38. The number of carbonyl (C=O) groups is 2. The second-order valence-electron chi connectivity index (χ2n) is 8.43. The maximum absolute atomic E-state index is 13.1. The van der Waals surface area contributed by atoms with Gasteiger partial charge in [0.15, 0.2) is 5.75 Å². The normalized spacial score (nSPS) is 14.5. The third-order valence-electron chi connectivity index (χ3n) is 5.93. The molecular formula is C28H18Cl2N2O5S. The molecule has 0 bridgehead atoms. The van der Waals surface area contributed by atoms with E-state index in [2.05, 4.69) is 0 Å². The molecule has 190 valence electrons. The van der Waals surface area contributed by atoms with Gasteiger partial charge in [0.2, 0.25) is 0 Å². The van der Waals surface area contributed by atoms with Crippen LogP contribution in [0.15, 0.2) is 83.8 Å². The Kier molecular flexibility index (Phi) is 7.37. The summed E-state index contributed by atoms with van der Waals surface area (Å²) in [6, 6.07) is 22.7. The molecule has 0 atom stereocenters. The molecule has 4 aromatic carbocycles. The van der Waals surface area contributed by atoms with Crippen LogP contribution in [0.25, 0.3) is 16.8 Å². The lowest BCUT2D eigenvalue weighted by Crippen LogP contribution is -2.27. The number of non-ortho nitro benzene ring substituents is 1. The molecule has 38 heavy (non-hydrogen) atoms. The summed E-state index contributed by atoms with van der Waals surface area (Å²) < 4.78 is 5.75. The highest BCUT2D eigenvalue weighted by Gasteiger charge is 2.35. The fourth-order valence-corrected chi connectivity index (χ4v) is 5.51. The number of ether oxygens (including phenoxy) is 1. The Morgan fingerprint density at radius 1 is 0.947 bits per heavy atom. The lowest BCUT2D eigenvalue weighted by atomic mass is 10.0. The lowest BCUT2D eigenvalue weighted by molar-refractivity contribution is -0.384. The molecule has 4 aromatic rings. The molecule has 0 unspecified atom stereocenters. The van der Waals surface area contributed by atoms with Gasteiger partial charge in [-0.15, -0.1) is 0 Å². The first kappa shape index (κ1) is 25.8. The maximum Gasteiger partial charge on any atom is 0.293 e. The number of thioether (sulfide) groups is 1. The smallest absolute Gasteiger partial charge is 0.293 e. The average molecular weight is 565 g/mol. The van der Waals surface area contributed by atoms with Crippen molar-refractivity contribution in [3.8, 4) is 5.75 Å². The third kappa shape index (κ3) is 5.38. The van der Waals surface area contributed by atoms with Crippen molar-refractivity contribution < 1.29 is 19.2 Å². The van der Waals surface area contributed by atoms with Crippen molar-refractivity contribution in [1.82, 2.24) is 4.90 Å². The van der Waals surface area contributed by atoms with Gasteiger partial charge in [-0.25, -0.2) is 0 Å². The summed E-state index contributed by atoms with van der Waals surface area (Å²) in [7, 11) is 0. The molecule has 1 fully saturated rings. The van der Waals surface area contributed by atoms with Gasteiger partial charge in [-0.2, -0.15) is 0 Å². The zero-order valence-electron chi connectivity index (χ0n) is 19.6. The molecule has 0 aromatic heterocycles. The molecule has 1 heterocycles. The van der Waals surface area contributed by atoms with Crippen LogP contribution in [0, 0.1) is 10.1 Å². The summed E-state index contributed by atoms with van der Waals surface area (Å²) in [5, 5.41) is 12.9. The zero-order valence-corrected chi connectivity index (χ0v) is 21.9. The average Bonchev–Trinajstić information content (AvgIpc) is 3.16. The number of nitro benzene ring substituents is 1. The topological polar surface area (TPSA) is 89.7 Å². The highest BCUT2D eigenvalue weighted by atomic mass is 35.5. The minimum Gasteiger partial charge on any atom is -0.486 e. The fraction of sp³-hybridized carbons (Fsp3) is 0.0714. The molecule has 0 radical (unpaired) electrons. The van der Waals surface area contributed by atoms with Gasteiger partial charge in [-0.1, -0.05) is 65.7 Å². The van der Waals surface area contributed by atoms with E-state index in [-0.39, 0.29) is 44.8 Å². The molecule has 0 spiro atoms. The van der Waals surface area contributed by atoms with Crippen LogP contribution in [0.3, 0.4) is 0 Å². The molecule has 5 rings (SSSR count). The Bertz CT molecular complexity index is 1590. The van der Waals surface area contributed by atoms with Crippen LogP contribution in [0.2, 0.25) is 10.0 Å². The lowest BCUT2D eigenvalue weighted by Gasteiger charge is -2.14. The van der Waals surface area contributed by atoms with E-state index >= 15 is 0 Å². The first-order chi connectivity index (χ1) is 18.3. The maximum atomic E-state index is 13.1. The van der Waals surface area contributed by atoms with Gasteiger partial charge >= 0.3 is 0 Å². The van der Waals surface area contributed by atoms with Gasteiger partial charge in [0.05, 0.1) is 26.4 Å². The molecule has 0 saturated carbocycles. The Morgan fingerprint density at radius 3 is 2.34 bits per heavy atom. The molecule has 2 amide bonds. The van der Waals surface area contributed by atoms with Gasteiger partial charge < -0.3 is 4.74 Å². The number of benzene rings is 4. The van der Waals surface area contributed by atoms with Crippen molar-refractivity contribution in [1.29, 1.82) is 0 Å². The third-order valence-corrected chi connectivity index (χ3v) is 7.40. The minimum atomic E-state index is -0.477. The van der Waals surface area contributed by atoms with Crippen molar-refractivity contribution in [3.63, 3.8) is 0 Å². The SMILES string of the molecule is O=C1S/C(=C/c2cc(Cl)c(OCc3ccc([N+](=O)[O-])cc3)c(Cl)c2)C(=O)N1Cc1cccc2ccccc12. The van der Waals surface area contributed by atoms with E-state index in [0.29, 0.717) is 11.1 Å². The molecule has 1 aliphatic heterocycles. The number of hydrogen-bond acceptors (Lipinski definition) is 6. The number of halogens is 2. The number of carbonyl (C=O) groups excluding carboxylic acids is 2. The Balaban J connectivity index is 1.31. The minimum absolute atomic E-state index is 0.0179. The monoisotopic (exact) mass is 564 g/mol. The van der Waals surface area contributed by atoms with E-state index in [1.807, 2.05) is 42.5 Å². The number of imide groups is 1. The van der Waals surface area contributed by atoms with Gasteiger partial charge in [0.25, 0.3) is 16.8 Å². The number of hydrogen-bond donors (Lipinski definition) is 0. The van der Waals surface area contributed by atoms with Crippen molar-refractivity contribution in [3.05, 3.63) is 121 Å². The van der Waals surface area contributed by atoms with E-state index < -0.39 is 10.8 Å². The predicted molar refractivity (Wildman–Crippen MR) is 149 cm³/mol. The quantitative estimate of drug-likeness (QED) is 0.129. The van der Waals surface area contributed by atoms with E-state index in [4.69, 9.17) is 27.9 Å². The number of nitrogens with zero attached hydrogens (tertiary/aromatic N) is 2. The first-order valence-corrected chi connectivity index (χ1v) is 12.9. The van der Waals surface area contributed by atoms with Crippen molar-refractivity contribution in [2.45, 2.75) is 13.2 Å². The molecule has 0 N–H and O–H groups in total. The van der Waals surface area contributed by atoms with Gasteiger partial charge in [-0.3, -0.25) is 24.6 Å². The van der Waals surface area contributed by atoms with Gasteiger partial charge in [0, 0.05) is 12.1 Å². The highest BCUT2D eigenvalue weighted by molar-refractivity contribution is 8.18. The van der Waals surface area contributed by atoms with Crippen LogP contribution >= 0.6 is 35.0 Å². The van der Waals surface area contributed by atoms with Crippen LogP contribution < -0.4 is 4.74 Å². The molecule has 10 heteroatoms. The summed E-state index contributed by atoms with van der Waals surface area (Å²) in [5.41, 5.74) is 2.10. The largest absolute Gasteiger partial charge is 0.486 e. The number of rotatable bonds is 7. The Hall–Kier alpha value is -3.85. The van der Waals surface area contributed by atoms with Crippen molar-refractivity contribution in [2.24, 2.45) is 0 Å². The summed E-state index contributed by atoms with van der Waals surface area (Å²) in [4.78, 5) is 37.6. The Morgan fingerprint density at radius 2 is 1.63 bits per heavy atom. The second kappa shape index (κ2) is 10.9. The van der Waals surface area contributed by atoms with Crippen LogP contribution in [0.4, 0.5) is 10.5 Å². The van der Waals surface area contributed by atoms with Crippen LogP contribution in [-0.2, 0) is 17.9 Å². The standard InChI is InChI=1S/C28H18Cl2N2O5S/c29-23-12-18(13-24(30)26(23)37-16-17-8-10-21(11-9-17)32(35)36)14-25-27(33)31(28(34)38-25)15-20-6-3-5-19-4-1-2-7-22(19)20/h1-14H,15-16H2/b25-14+. The zero-order chi connectivity index (χ0) is 26.8. The van der Waals surface area contributed by atoms with E-state index in [1.165, 1.54) is 17.0 Å². The molecule has 0 aliphatic carbocycles. The van der Waals surface area contributed by atoms with Crippen LogP contribution in [0.5, 0.6) is 5.75 Å². The van der Waals surface area contributed by atoms with Crippen LogP contribution in [-0.4, -0.2) is 21.0 Å².